The van der Waals surface area contributed by atoms with Crippen LogP contribution in [0.25, 0.3) is 23.2 Å². The molecule has 2 aromatic carbocycles. The normalized spacial score (nSPS) is 11.9. The standard InChI is InChI=1S/C19H14F3N5S/c20-13-8-5-12(6-9-13)7-10-16-24-19(26-25-16)28-11-17-23-14-3-1-2-4-15(14)27(17)18(21)22/h1-10,18H,11H2,(H,24,25,26)/b10-7+. The average Bonchev–Trinajstić information content (AvgIpc) is 3.30. The van der Waals surface area contributed by atoms with Gasteiger partial charge in [0.15, 0.2) is 0 Å². The highest BCUT2D eigenvalue weighted by atomic mass is 32.2. The lowest BCUT2D eigenvalue weighted by molar-refractivity contribution is 0.0722. The highest BCUT2D eigenvalue weighted by Gasteiger charge is 2.18. The molecule has 142 valence electrons. The second-order valence-corrected chi connectivity index (χ2v) is 6.78. The first-order valence-electron chi connectivity index (χ1n) is 8.33. The summed E-state index contributed by atoms with van der Waals surface area (Å²) in [6, 6.07) is 12.8. The van der Waals surface area contributed by atoms with E-state index in [9.17, 15) is 13.2 Å². The number of fused-ring (bicyclic) bond motifs is 1. The molecule has 0 saturated carbocycles. The van der Waals surface area contributed by atoms with Crippen LogP contribution in [-0.2, 0) is 5.75 Å². The van der Waals surface area contributed by atoms with Gasteiger partial charge in [0.25, 0.3) is 0 Å². The molecule has 1 N–H and O–H groups in total. The van der Waals surface area contributed by atoms with Crippen molar-refractivity contribution in [2.45, 2.75) is 17.5 Å². The van der Waals surface area contributed by atoms with Gasteiger partial charge in [-0.2, -0.15) is 8.78 Å². The number of thioether (sulfide) groups is 1. The number of halogens is 3. The van der Waals surface area contributed by atoms with Gasteiger partial charge in [0, 0.05) is 0 Å². The van der Waals surface area contributed by atoms with Crippen LogP contribution in [0.5, 0.6) is 0 Å². The Morgan fingerprint density at radius 3 is 2.61 bits per heavy atom. The van der Waals surface area contributed by atoms with E-state index in [0.29, 0.717) is 22.0 Å². The van der Waals surface area contributed by atoms with Crippen LogP contribution >= 0.6 is 11.8 Å². The number of rotatable bonds is 6. The maximum Gasteiger partial charge on any atom is 0.320 e. The molecule has 0 spiro atoms. The molecule has 28 heavy (non-hydrogen) atoms. The number of H-pyrrole nitrogens is 1. The molecule has 0 amide bonds. The Balaban J connectivity index is 1.47. The fourth-order valence-electron chi connectivity index (χ4n) is 2.69. The van der Waals surface area contributed by atoms with Crippen LogP contribution < -0.4 is 0 Å². The Morgan fingerprint density at radius 2 is 1.82 bits per heavy atom. The van der Waals surface area contributed by atoms with Crippen LogP contribution in [-0.4, -0.2) is 24.7 Å². The third kappa shape index (κ3) is 3.94. The molecule has 0 aliphatic rings. The van der Waals surface area contributed by atoms with Gasteiger partial charge < -0.3 is 0 Å². The summed E-state index contributed by atoms with van der Waals surface area (Å²) in [6.45, 7) is -2.68. The lowest BCUT2D eigenvalue weighted by Crippen LogP contribution is -2.03. The molecule has 2 heterocycles. The summed E-state index contributed by atoms with van der Waals surface area (Å²) < 4.78 is 40.7. The van der Waals surface area contributed by atoms with E-state index in [0.717, 1.165) is 10.1 Å². The van der Waals surface area contributed by atoms with Gasteiger partial charge in [-0.25, -0.2) is 14.4 Å². The maximum atomic E-state index is 13.5. The van der Waals surface area contributed by atoms with Crippen molar-refractivity contribution in [3.05, 3.63) is 71.6 Å². The first kappa shape index (κ1) is 18.3. The number of aromatic amines is 1. The molecule has 0 atom stereocenters. The second kappa shape index (κ2) is 7.89. The molecule has 0 fully saturated rings. The van der Waals surface area contributed by atoms with E-state index in [-0.39, 0.29) is 17.4 Å². The molecule has 5 nitrogen and oxygen atoms in total. The van der Waals surface area contributed by atoms with Crippen molar-refractivity contribution < 1.29 is 13.2 Å². The van der Waals surface area contributed by atoms with E-state index >= 15 is 0 Å². The number of nitrogens with zero attached hydrogens (tertiary/aromatic N) is 4. The number of hydrogen-bond donors (Lipinski definition) is 1. The van der Waals surface area contributed by atoms with Crippen LogP contribution in [0.15, 0.2) is 53.7 Å². The zero-order valence-corrected chi connectivity index (χ0v) is 15.2. The lowest BCUT2D eigenvalue weighted by Gasteiger charge is -2.06. The minimum absolute atomic E-state index is 0.206. The van der Waals surface area contributed by atoms with Gasteiger partial charge in [0.05, 0.1) is 16.8 Å². The minimum Gasteiger partial charge on any atom is -0.269 e. The Morgan fingerprint density at radius 1 is 1.04 bits per heavy atom. The molecule has 9 heteroatoms. The number of imidazole rings is 1. The molecule has 0 unspecified atom stereocenters. The van der Waals surface area contributed by atoms with Crippen molar-refractivity contribution in [1.29, 1.82) is 0 Å². The van der Waals surface area contributed by atoms with Crippen molar-refractivity contribution in [2.75, 3.05) is 0 Å². The Kier molecular flexibility index (Phi) is 5.16. The van der Waals surface area contributed by atoms with Gasteiger partial charge in [-0.15, -0.1) is 5.10 Å². The molecule has 0 bridgehead atoms. The fraction of sp³-hybridized carbons (Fsp3) is 0.105. The lowest BCUT2D eigenvalue weighted by atomic mass is 10.2. The second-order valence-electron chi connectivity index (χ2n) is 5.84. The van der Waals surface area contributed by atoms with Crippen LogP contribution in [0.1, 0.15) is 23.8 Å². The molecule has 0 saturated heterocycles. The van der Waals surface area contributed by atoms with Gasteiger partial charge in [0.1, 0.15) is 17.5 Å². The number of alkyl halides is 2. The zero-order valence-electron chi connectivity index (χ0n) is 14.4. The summed E-state index contributed by atoms with van der Waals surface area (Å²) in [5, 5.41) is 7.27. The summed E-state index contributed by atoms with van der Waals surface area (Å²) in [4.78, 5) is 8.59. The van der Waals surface area contributed by atoms with Gasteiger partial charge in [0.2, 0.25) is 5.16 Å². The van der Waals surface area contributed by atoms with Crippen molar-refractivity contribution in [1.82, 2.24) is 24.7 Å². The fourth-order valence-corrected chi connectivity index (χ4v) is 3.42. The highest BCUT2D eigenvalue weighted by molar-refractivity contribution is 7.98. The Labute approximate surface area is 162 Å². The number of hydrogen-bond acceptors (Lipinski definition) is 4. The van der Waals surface area contributed by atoms with Crippen LogP contribution in [0.4, 0.5) is 13.2 Å². The monoisotopic (exact) mass is 401 g/mol. The third-order valence-electron chi connectivity index (χ3n) is 3.98. The van der Waals surface area contributed by atoms with Crippen molar-refractivity contribution in [2.24, 2.45) is 0 Å². The predicted octanol–water partition coefficient (Wildman–Crippen LogP) is 5.15. The molecule has 0 aliphatic carbocycles. The summed E-state index contributed by atoms with van der Waals surface area (Å²) in [7, 11) is 0. The van der Waals surface area contributed by atoms with E-state index in [1.165, 1.54) is 23.9 Å². The largest absolute Gasteiger partial charge is 0.320 e. The number of aromatic nitrogens is 5. The van der Waals surface area contributed by atoms with E-state index in [4.69, 9.17) is 0 Å². The molecule has 0 radical (unpaired) electrons. The summed E-state index contributed by atoms with van der Waals surface area (Å²) in [5.41, 5.74) is 1.74. The first-order chi connectivity index (χ1) is 13.6. The zero-order chi connectivity index (χ0) is 19.5. The van der Waals surface area contributed by atoms with Crippen LogP contribution in [0, 0.1) is 5.82 Å². The highest BCUT2D eigenvalue weighted by Crippen LogP contribution is 2.27. The van der Waals surface area contributed by atoms with Gasteiger partial charge in [-0.05, 0) is 35.9 Å². The Hall–Kier alpha value is -3.07. The quantitative estimate of drug-likeness (QED) is 0.454. The van der Waals surface area contributed by atoms with Crippen molar-refractivity contribution >= 4 is 34.9 Å². The predicted molar refractivity (Wildman–Crippen MR) is 102 cm³/mol. The summed E-state index contributed by atoms with van der Waals surface area (Å²) in [5.74, 6) is 0.673. The van der Waals surface area contributed by atoms with E-state index in [2.05, 4.69) is 20.2 Å². The molecular formula is C19H14F3N5S. The molecular weight excluding hydrogens is 387 g/mol. The molecule has 4 rings (SSSR count). The molecule has 4 aromatic rings. The Bertz CT molecular complexity index is 1120. The van der Waals surface area contributed by atoms with E-state index in [1.807, 2.05) is 0 Å². The summed E-state index contributed by atoms with van der Waals surface area (Å²) >= 11 is 1.21. The topological polar surface area (TPSA) is 59.4 Å². The first-order valence-corrected chi connectivity index (χ1v) is 9.31. The van der Waals surface area contributed by atoms with Crippen molar-refractivity contribution in [3.8, 4) is 0 Å². The van der Waals surface area contributed by atoms with Crippen LogP contribution in [0.2, 0.25) is 0 Å². The summed E-state index contributed by atoms with van der Waals surface area (Å²) in [6.07, 6.45) is 3.48. The van der Waals surface area contributed by atoms with Crippen molar-refractivity contribution in [3.63, 3.8) is 0 Å². The molecule has 2 aromatic heterocycles. The van der Waals surface area contributed by atoms with Gasteiger partial charge in [-0.1, -0.05) is 42.1 Å². The van der Waals surface area contributed by atoms with E-state index < -0.39 is 6.55 Å². The van der Waals surface area contributed by atoms with Gasteiger partial charge >= 0.3 is 6.55 Å². The van der Waals surface area contributed by atoms with Crippen LogP contribution in [0.3, 0.4) is 0 Å². The minimum atomic E-state index is -2.68. The maximum absolute atomic E-state index is 13.5. The number of benzene rings is 2. The van der Waals surface area contributed by atoms with Gasteiger partial charge in [-0.3, -0.25) is 9.67 Å². The molecule has 0 aliphatic heterocycles. The number of para-hydroxylation sites is 2. The smallest absolute Gasteiger partial charge is 0.269 e. The number of nitrogens with one attached hydrogen (secondary N) is 1. The third-order valence-corrected chi connectivity index (χ3v) is 4.82. The SMILES string of the molecule is Fc1ccc(/C=C/c2nc(SCc3nc4ccccc4n3C(F)F)n[nH]2)cc1. The van der Waals surface area contributed by atoms with E-state index in [1.54, 1.807) is 48.6 Å². The average molecular weight is 401 g/mol.